The van der Waals surface area contributed by atoms with Crippen LogP contribution in [0.25, 0.3) is 0 Å². The Hall–Kier alpha value is -3.85. The van der Waals surface area contributed by atoms with Crippen LogP contribution in [0.4, 0.5) is 11.4 Å². The average Bonchev–Trinajstić information content (AvgIpc) is 2.74. The molecule has 8 nitrogen and oxygen atoms in total. The summed E-state index contributed by atoms with van der Waals surface area (Å²) >= 11 is 3.28. The maximum Gasteiger partial charge on any atom is 0.336 e. The highest BCUT2D eigenvalue weighted by Crippen LogP contribution is 2.29. The molecule has 0 aliphatic rings. The predicted octanol–water partition coefficient (Wildman–Crippen LogP) is 4.85. The van der Waals surface area contributed by atoms with Crippen molar-refractivity contribution >= 4 is 45.1 Å². The number of anilines is 1. The Balaban J connectivity index is 2.20. The number of non-ortho nitro benzene ring substituents is 1. The summed E-state index contributed by atoms with van der Waals surface area (Å²) in [5.41, 5.74) is -0.0579. The predicted molar refractivity (Wildman–Crippen MR) is 117 cm³/mol. The molecular weight excluding hydrogens is 468 g/mol. The van der Waals surface area contributed by atoms with E-state index < -0.39 is 22.7 Å². The van der Waals surface area contributed by atoms with Gasteiger partial charge >= 0.3 is 5.97 Å². The molecule has 0 heterocycles. The van der Waals surface area contributed by atoms with E-state index in [1.807, 2.05) is 0 Å². The molecule has 156 valence electrons. The second-order valence-corrected chi connectivity index (χ2v) is 7.45. The number of nitro benzene ring substituents is 1. The van der Waals surface area contributed by atoms with E-state index in [0.717, 1.165) is 4.90 Å². The lowest BCUT2D eigenvalue weighted by molar-refractivity contribution is -0.384. The quantitative estimate of drug-likeness (QED) is 0.315. The fourth-order valence-corrected chi connectivity index (χ4v) is 3.44. The number of imide groups is 1. The van der Waals surface area contributed by atoms with Gasteiger partial charge in [-0.2, -0.15) is 0 Å². The van der Waals surface area contributed by atoms with Crippen molar-refractivity contribution in [3.05, 3.63) is 104 Å². The molecule has 3 rings (SSSR count). The van der Waals surface area contributed by atoms with Crippen LogP contribution in [0, 0.1) is 17.0 Å². The number of amides is 2. The molecule has 0 spiro atoms. The van der Waals surface area contributed by atoms with Crippen molar-refractivity contribution in [3.8, 4) is 0 Å². The van der Waals surface area contributed by atoms with E-state index in [1.165, 1.54) is 61.5 Å². The zero-order valence-corrected chi connectivity index (χ0v) is 17.7. The van der Waals surface area contributed by atoms with Crippen LogP contribution >= 0.6 is 15.9 Å². The largest absolute Gasteiger partial charge is 0.478 e. The van der Waals surface area contributed by atoms with E-state index in [9.17, 15) is 29.6 Å². The maximum absolute atomic E-state index is 13.4. The number of benzene rings is 3. The van der Waals surface area contributed by atoms with Crippen LogP contribution in [0.3, 0.4) is 0 Å². The van der Waals surface area contributed by atoms with Crippen LogP contribution in [0.1, 0.15) is 36.6 Å². The molecule has 31 heavy (non-hydrogen) atoms. The number of hydrogen-bond acceptors (Lipinski definition) is 5. The highest BCUT2D eigenvalue weighted by Gasteiger charge is 2.30. The molecule has 0 atom stereocenters. The number of halogens is 1. The molecule has 0 unspecified atom stereocenters. The van der Waals surface area contributed by atoms with E-state index in [4.69, 9.17) is 0 Å². The van der Waals surface area contributed by atoms with Crippen LogP contribution in [0.2, 0.25) is 0 Å². The molecule has 0 aliphatic heterocycles. The van der Waals surface area contributed by atoms with Crippen LogP contribution < -0.4 is 4.90 Å². The van der Waals surface area contributed by atoms with E-state index in [0.29, 0.717) is 10.0 Å². The zero-order chi connectivity index (χ0) is 22.7. The number of rotatable bonds is 5. The second-order valence-electron chi connectivity index (χ2n) is 6.53. The smallest absolute Gasteiger partial charge is 0.336 e. The number of hydrogen-bond donors (Lipinski definition) is 1. The third-order valence-corrected chi connectivity index (χ3v) is 4.99. The summed E-state index contributed by atoms with van der Waals surface area (Å²) < 4.78 is 0.608. The summed E-state index contributed by atoms with van der Waals surface area (Å²) in [6, 6.07) is 15.6. The van der Waals surface area contributed by atoms with Crippen LogP contribution in [-0.4, -0.2) is 27.8 Å². The van der Waals surface area contributed by atoms with Gasteiger partial charge in [0.1, 0.15) is 0 Å². The standard InChI is InChI=1S/C22H15BrN2O6/c1-13-11-16(25(30)31)9-10-19(13)24(20(26)14-5-4-6-15(23)12-14)21(27)17-7-2-3-8-18(17)22(28)29/h2-12H,1H3,(H,28,29). The van der Waals surface area contributed by atoms with Gasteiger partial charge in [-0.1, -0.05) is 34.1 Å². The van der Waals surface area contributed by atoms with E-state index in [1.54, 1.807) is 12.1 Å². The monoisotopic (exact) mass is 482 g/mol. The molecule has 0 aliphatic carbocycles. The Morgan fingerprint density at radius 3 is 2.19 bits per heavy atom. The van der Waals surface area contributed by atoms with Gasteiger partial charge < -0.3 is 5.11 Å². The summed E-state index contributed by atoms with van der Waals surface area (Å²) in [7, 11) is 0. The second kappa shape index (κ2) is 8.88. The molecule has 0 fully saturated rings. The van der Waals surface area contributed by atoms with Gasteiger partial charge in [-0.05, 0) is 48.9 Å². The Morgan fingerprint density at radius 2 is 1.61 bits per heavy atom. The fraction of sp³-hybridized carbons (Fsp3) is 0.0455. The molecule has 0 aromatic heterocycles. The van der Waals surface area contributed by atoms with Crippen molar-refractivity contribution in [2.24, 2.45) is 0 Å². The molecular formula is C22H15BrN2O6. The Kier molecular flexibility index (Phi) is 6.26. The Morgan fingerprint density at radius 1 is 0.935 bits per heavy atom. The minimum absolute atomic E-state index is 0.112. The first-order valence-corrected chi connectivity index (χ1v) is 9.71. The van der Waals surface area contributed by atoms with Crippen molar-refractivity contribution in [2.45, 2.75) is 6.92 Å². The van der Waals surface area contributed by atoms with E-state index in [2.05, 4.69) is 15.9 Å². The van der Waals surface area contributed by atoms with Crippen molar-refractivity contribution in [2.75, 3.05) is 4.90 Å². The van der Waals surface area contributed by atoms with Crippen LogP contribution in [0.15, 0.2) is 71.2 Å². The molecule has 0 saturated heterocycles. The Labute approximate surface area is 185 Å². The van der Waals surface area contributed by atoms with Crippen molar-refractivity contribution in [1.82, 2.24) is 0 Å². The lowest BCUT2D eigenvalue weighted by Crippen LogP contribution is -2.38. The number of aryl methyl sites for hydroxylation is 1. The van der Waals surface area contributed by atoms with Gasteiger partial charge in [0.05, 0.1) is 21.7 Å². The number of carbonyl (C=O) groups is 3. The Bertz CT molecular complexity index is 1220. The van der Waals surface area contributed by atoms with Crippen molar-refractivity contribution < 1.29 is 24.4 Å². The molecule has 2 amide bonds. The SMILES string of the molecule is Cc1cc([N+](=O)[O-])ccc1N(C(=O)c1cccc(Br)c1)C(=O)c1ccccc1C(=O)O. The van der Waals surface area contributed by atoms with E-state index >= 15 is 0 Å². The van der Waals surface area contributed by atoms with Gasteiger partial charge in [-0.3, -0.25) is 19.7 Å². The number of carboxylic acids is 1. The lowest BCUT2D eigenvalue weighted by Gasteiger charge is -2.23. The van der Waals surface area contributed by atoms with Gasteiger partial charge in [0.2, 0.25) is 0 Å². The van der Waals surface area contributed by atoms with Crippen LogP contribution in [-0.2, 0) is 0 Å². The molecule has 0 bridgehead atoms. The molecule has 0 saturated carbocycles. The summed E-state index contributed by atoms with van der Waals surface area (Å²) in [6.07, 6.45) is 0. The van der Waals surface area contributed by atoms with Crippen LogP contribution in [0.5, 0.6) is 0 Å². The number of carbonyl (C=O) groups excluding carboxylic acids is 2. The third kappa shape index (κ3) is 4.51. The maximum atomic E-state index is 13.4. The zero-order valence-electron chi connectivity index (χ0n) is 16.1. The third-order valence-electron chi connectivity index (χ3n) is 4.50. The highest BCUT2D eigenvalue weighted by molar-refractivity contribution is 9.10. The van der Waals surface area contributed by atoms with E-state index in [-0.39, 0.29) is 28.1 Å². The summed E-state index contributed by atoms with van der Waals surface area (Å²) in [6.45, 7) is 1.53. The molecule has 3 aromatic carbocycles. The number of nitrogens with zero attached hydrogens (tertiary/aromatic N) is 2. The highest BCUT2D eigenvalue weighted by atomic mass is 79.9. The summed E-state index contributed by atoms with van der Waals surface area (Å²) in [5.74, 6) is -2.89. The number of carboxylic acid groups (broad SMARTS) is 1. The first kappa shape index (κ1) is 21.8. The first-order valence-electron chi connectivity index (χ1n) is 8.92. The minimum atomic E-state index is -1.32. The molecule has 9 heteroatoms. The summed E-state index contributed by atoms with van der Waals surface area (Å²) in [5, 5.41) is 20.6. The lowest BCUT2D eigenvalue weighted by atomic mass is 10.0. The van der Waals surface area contributed by atoms with Gasteiger partial charge in [0.15, 0.2) is 0 Å². The topological polar surface area (TPSA) is 118 Å². The normalized spacial score (nSPS) is 10.4. The summed E-state index contributed by atoms with van der Waals surface area (Å²) in [4.78, 5) is 49.8. The van der Waals surface area contributed by atoms with Gasteiger partial charge in [-0.15, -0.1) is 0 Å². The number of aromatic carboxylic acids is 1. The minimum Gasteiger partial charge on any atom is -0.478 e. The average molecular weight is 483 g/mol. The number of nitro groups is 1. The van der Waals surface area contributed by atoms with Gasteiger partial charge in [0, 0.05) is 22.2 Å². The first-order chi connectivity index (χ1) is 14.7. The van der Waals surface area contributed by atoms with Crippen molar-refractivity contribution in [3.63, 3.8) is 0 Å². The molecule has 0 radical (unpaired) electrons. The molecule has 1 N–H and O–H groups in total. The van der Waals surface area contributed by atoms with Gasteiger partial charge in [-0.25, -0.2) is 9.69 Å². The van der Waals surface area contributed by atoms with Gasteiger partial charge in [0.25, 0.3) is 17.5 Å². The van der Waals surface area contributed by atoms with Crippen molar-refractivity contribution in [1.29, 1.82) is 0 Å². The molecule has 3 aromatic rings. The fourth-order valence-electron chi connectivity index (χ4n) is 3.04.